The van der Waals surface area contributed by atoms with Crippen molar-refractivity contribution in [2.24, 2.45) is 0 Å². The number of aromatic nitrogens is 5. The van der Waals surface area contributed by atoms with Crippen LogP contribution in [-0.4, -0.2) is 265 Å². The number of carbonyl (C=O) groups excluding carboxylic acids is 10. The third kappa shape index (κ3) is 14.2. The summed E-state index contributed by atoms with van der Waals surface area (Å²) in [5.41, 5.74) is 3.24. The topological polar surface area (TPSA) is 374 Å². The molecule has 0 unspecified atom stereocenters. The van der Waals surface area contributed by atoms with E-state index >= 15 is 0 Å². The number of amides is 10. The standard InChI is InChI=1S/5C22H19N3O4/c5*1-24-10-19(26)25-16(22(24)27)9-14-13-4-2-3-5-15(13)23-20(14)21(25)12-6-7-17-18(8-12)29-11-28-17/h5*2-8,16,21,23H,9-11H2,1H3/t5*16-,21-/m11111/s1/i2D,3D,4D,5D,10D2,11D2,16D,21D;2D,3D,4D,5D,10D2,16D,21D;6D,7D,8D,10D2,16D,21D;10D2,11D2,16D,21D;10D2,16D,21D. The van der Waals surface area contributed by atoms with Gasteiger partial charge in [-0.3, -0.25) is 47.9 Å². The molecule has 0 spiro atoms. The van der Waals surface area contributed by atoms with Gasteiger partial charge in [0.1, 0.15) is 35.6 Å². The number of fused-ring (bicyclic) bond motifs is 25. The molecule has 0 aliphatic carbocycles. The van der Waals surface area contributed by atoms with Crippen LogP contribution in [0.5, 0.6) is 57.5 Å². The Labute approximate surface area is 875 Å². The molecule has 0 saturated carbocycles. The molecule has 5 N–H and O–H groups in total. The first-order chi connectivity index (χ1) is 84.0. The molecular formula is C110H95N15O20. The molecule has 0 bridgehead atoms. The summed E-state index contributed by atoms with van der Waals surface area (Å²) in [6.07, 6.45) is -1.89. The van der Waals surface area contributed by atoms with Crippen molar-refractivity contribution in [2.45, 2.75) is 92.3 Å². The smallest absolute Gasteiger partial charge is 0.245 e. The number of H-pyrrole nitrogens is 5. The summed E-state index contributed by atoms with van der Waals surface area (Å²) in [7, 11) is 5.48. The molecule has 5 saturated heterocycles. The fourth-order valence-electron chi connectivity index (χ4n) is 20.2. The second-order valence-electron chi connectivity index (χ2n) is 34.8. The van der Waals surface area contributed by atoms with Gasteiger partial charge in [0.05, 0.1) is 105 Å². The number of nitrogens with one attached hydrogen (secondary N) is 5. The predicted octanol–water partition coefficient (Wildman–Crippen LogP) is 11.1. The van der Waals surface area contributed by atoms with Crippen molar-refractivity contribution in [1.29, 1.82) is 0 Å². The molecule has 5 aromatic heterocycles. The van der Waals surface area contributed by atoms with Crippen LogP contribution in [0.1, 0.15) is 162 Å². The van der Waals surface area contributed by atoms with Gasteiger partial charge < -0.3 is 121 Å². The Hall–Kier alpha value is -17.4. The Morgan fingerprint density at radius 3 is 0.855 bits per heavy atom. The lowest BCUT2D eigenvalue weighted by Gasteiger charge is -2.46. The van der Waals surface area contributed by atoms with E-state index in [1.54, 1.807) is 66.7 Å². The van der Waals surface area contributed by atoms with Crippen LogP contribution in [0.15, 0.2) is 212 Å². The van der Waals surface area contributed by atoms with E-state index in [1.807, 2.05) is 24.3 Å². The maximum absolute atomic E-state index is 13.7. The van der Waals surface area contributed by atoms with E-state index in [0.717, 1.165) is 38.5 Å². The lowest BCUT2D eigenvalue weighted by Crippen LogP contribution is -2.62. The third-order valence-electron chi connectivity index (χ3n) is 26.7. The number of carbonyl (C=O) groups is 10. The summed E-state index contributed by atoms with van der Waals surface area (Å²) >= 11 is 0. The zero-order valence-electron chi connectivity index (χ0n) is 111. The Morgan fingerprint density at radius 2 is 0.524 bits per heavy atom. The first-order valence-corrected chi connectivity index (χ1v) is 44.9. The molecular weight excluding hydrogens is 1850 g/mol. The van der Waals surface area contributed by atoms with Crippen LogP contribution in [-0.2, 0) is 80.0 Å². The zero-order valence-corrected chi connectivity index (χ0v) is 76.2. The minimum Gasteiger partial charge on any atom is -0.454 e. The minimum atomic E-state index is -2.94. The van der Waals surface area contributed by atoms with Gasteiger partial charge in [-0.1, -0.05) is 121 Å². The molecule has 15 aliphatic heterocycles. The van der Waals surface area contributed by atoms with Gasteiger partial charge in [0, 0.05) is 150 Å². The lowest BCUT2D eigenvalue weighted by molar-refractivity contribution is -0.157. The predicted molar refractivity (Wildman–Crippen MR) is 523 cm³/mol. The van der Waals surface area contributed by atoms with Crippen molar-refractivity contribution >= 4 is 114 Å². The van der Waals surface area contributed by atoms with Crippen LogP contribution in [0.4, 0.5) is 0 Å². The van der Waals surface area contributed by atoms with Gasteiger partial charge in [-0.05, 0) is 147 Å². The first-order valence-electron chi connectivity index (χ1n) is 62.4. The average molecular weight is 1980 g/mol. The Morgan fingerprint density at radius 1 is 0.269 bits per heavy atom. The van der Waals surface area contributed by atoms with E-state index in [9.17, 15) is 61.7 Å². The highest BCUT2D eigenvalue weighted by atomic mass is 16.7. The van der Waals surface area contributed by atoms with Gasteiger partial charge in [0.25, 0.3) is 0 Å². The number of benzene rings is 10. The second kappa shape index (κ2) is 33.9. The van der Waals surface area contributed by atoms with Crippen LogP contribution < -0.4 is 47.4 Å². The van der Waals surface area contributed by atoms with Crippen LogP contribution in [0.25, 0.3) is 54.5 Å². The number of likely N-dealkylation sites (N-methyl/N-ethyl adjacent to an activating group) is 5. The van der Waals surface area contributed by atoms with Crippen LogP contribution >= 0.6 is 0 Å². The molecule has 730 valence electrons. The summed E-state index contributed by atoms with van der Waals surface area (Å²) in [6, 6.07) is 8.60. The van der Waals surface area contributed by atoms with Crippen LogP contribution in [0.2, 0.25) is 0 Å². The lowest BCUT2D eigenvalue weighted by atomic mass is 9.86. The second-order valence-corrected chi connectivity index (χ2v) is 34.8. The molecule has 10 amide bonds. The molecule has 35 nitrogen and oxygen atoms in total. The van der Waals surface area contributed by atoms with E-state index in [1.165, 1.54) is 61.6 Å². The first kappa shape index (κ1) is 58.1. The number of rotatable bonds is 5. The van der Waals surface area contributed by atoms with E-state index in [4.69, 9.17) is 81.6 Å². The van der Waals surface area contributed by atoms with E-state index in [-0.39, 0.29) is 158 Å². The number of nitrogens with zero attached hydrogens (tertiary/aromatic N) is 10. The third-order valence-corrected chi connectivity index (χ3v) is 26.7. The molecule has 0 radical (unpaired) electrons. The quantitative estimate of drug-likeness (QED) is 0.107. The Balaban J connectivity index is 0.000000108. The largest absolute Gasteiger partial charge is 0.454 e. The van der Waals surface area contributed by atoms with Crippen LogP contribution in [0.3, 0.4) is 0 Å². The molecule has 145 heavy (non-hydrogen) atoms. The Kier molecular flexibility index (Phi) is 13.6. The number of para-hydroxylation sites is 5. The molecule has 10 atom stereocenters. The van der Waals surface area contributed by atoms with Gasteiger partial charge in [-0.15, -0.1) is 0 Å². The van der Waals surface area contributed by atoms with E-state index < -0.39 is 250 Å². The van der Waals surface area contributed by atoms with E-state index in [2.05, 4.69) is 24.9 Å². The molecule has 35 heteroatoms. The molecule has 15 aromatic rings. The van der Waals surface area contributed by atoms with Gasteiger partial charge in [-0.25, -0.2) is 0 Å². The summed E-state index contributed by atoms with van der Waals surface area (Å²) in [6.45, 7) is -19.5. The molecule has 30 rings (SSSR count). The van der Waals surface area contributed by atoms with Crippen molar-refractivity contribution in [1.82, 2.24) is 73.9 Å². The fourth-order valence-corrected chi connectivity index (χ4v) is 20.2. The van der Waals surface area contributed by atoms with Crippen molar-refractivity contribution in [3.8, 4) is 57.5 Å². The Bertz CT molecular complexity index is 10200. The van der Waals surface area contributed by atoms with Gasteiger partial charge in [0.2, 0.25) is 92.9 Å². The zero-order chi connectivity index (χ0) is 130. The number of aromatic amines is 5. The van der Waals surface area contributed by atoms with Gasteiger partial charge in [0.15, 0.2) is 57.5 Å². The molecule has 15 aliphatic rings. The maximum atomic E-state index is 13.7. The van der Waals surface area contributed by atoms with E-state index in [0.29, 0.717) is 111 Å². The summed E-state index contributed by atoms with van der Waals surface area (Å²) in [4.78, 5) is 157. The number of piperazine rings is 5. The number of hydrogen-bond donors (Lipinski definition) is 5. The van der Waals surface area contributed by atoms with Crippen molar-refractivity contribution in [3.05, 3.63) is 296 Å². The highest BCUT2D eigenvalue weighted by Gasteiger charge is 2.55. The molecule has 5 fully saturated rings. The number of hydrogen-bond acceptors (Lipinski definition) is 20. The summed E-state index contributed by atoms with van der Waals surface area (Å²) < 4.78 is 353. The molecule has 20 heterocycles. The van der Waals surface area contributed by atoms with Crippen LogP contribution in [0, 0.1) is 0 Å². The van der Waals surface area contributed by atoms with Crippen molar-refractivity contribution < 1.29 is 143 Å². The van der Waals surface area contributed by atoms with Crippen molar-refractivity contribution in [2.75, 3.05) is 102 Å². The highest BCUT2D eigenvalue weighted by Crippen LogP contribution is 2.53. The maximum Gasteiger partial charge on any atom is 0.245 e. The fraction of sp³-hybridized carbons (Fsp3) is 0.273. The molecule has 10 aromatic carbocycles. The summed E-state index contributed by atoms with van der Waals surface area (Å²) in [5.74, 6) is -10.5. The van der Waals surface area contributed by atoms with Gasteiger partial charge >= 0.3 is 0 Å². The average Bonchev–Trinajstić information content (AvgIpc) is 1.44. The number of ether oxygens (including phenoxy) is 10. The highest BCUT2D eigenvalue weighted by molar-refractivity contribution is 6.03. The SMILES string of the molecule is [2H]C1([2H])C(=O)N2[C@]([2H])(c3ccc4c(c3)OCO4)c3[nH]c4ccccc4c3C[C@]2([2H])C(=O)N1C.[2H]C1([2H])Oc2ccc([C@]3([2H])c4[nH]c5ccccc5c4C[C@]4([2H])C(=O)N(C)C([2H])([2H])C(=O)N34)cc2O1.[2H]c1c([2H])c([2H])c2c3c([nH]c2c1[2H])[C@@]([2H])(c1ccc2c(c1)OC([2H])([2H])O2)N1C(=O)C([2H])([2H])N(C)C(=O)[C@@]1([2H])C3.[2H]c1c([2H])c([2H])c2c3c([nH]c2c1[2H])[C@@]([2H])(c1ccc2c(c1)OCO2)N1C(=O)C([2H])([2H])N(C)C(=O)[C@@]1([2H])C3.[2H]c1c([2H])c([C@]2([2H])c3[nH]c4ccccc4c3C[C@]3([2H])C(=O)N(C)C([2H])([2H])C(=O)N23)c([2H])c2c1OCO2. The van der Waals surface area contributed by atoms with Crippen molar-refractivity contribution in [3.63, 3.8) is 0 Å². The monoisotopic (exact) mass is 1980 g/mol. The minimum absolute atomic E-state index is 0.00105. The summed E-state index contributed by atoms with van der Waals surface area (Å²) in [5, 5.41) is 1.94. The normalized spacial score (nSPS) is 33.8. The van der Waals surface area contributed by atoms with Gasteiger partial charge in [-0.2, -0.15) is 0 Å².